The Morgan fingerprint density at radius 1 is 1.56 bits per heavy atom. The van der Waals surface area contributed by atoms with Gasteiger partial charge in [-0.1, -0.05) is 6.07 Å². The summed E-state index contributed by atoms with van der Waals surface area (Å²) < 4.78 is 15.2. The molecule has 0 saturated carbocycles. The maximum Gasteiger partial charge on any atom is 0.199 e. The van der Waals surface area contributed by atoms with Crippen molar-refractivity contribution in [3.63, 3.8) is 0 Å². The lowest BCUT2D eigenvalue weighted by Crippen LogP contribution is -2.02. The van der Waals surface area contributed by atoms with Gasteiger partial charge < -0.3 is 5.11 Å². The fourth-order valence-electron chi connectivity index (χ4n) is 1.42. The second-order valence-electron chi connectivity index (χ2n) is 3.37. The Balaban J connectivity index is 2.62. The summed E-state index contributed by atoms with van der Waals surface area (Å²) in [7, 11) is 0. The van der Waals surface area contributed by atoms with Crippen molar-refractivity contribution in [3.05, 3.63) is 40.2 Å². The number of halogens is 1. The van der Waals surface area contributed by atoms with Gasteiger partial charge in [-0.3, -0.25) is 9.67 Å². The quantitative estimate of drug-likeness (QED) is 0.787. The third-order valence-corrected chi connectivity index (χ3v) is 2.57. The SMILES string of the molecule is Cc1ccc(-n2c(CO)n[nH]c2=S)cc1F. The zero-order valence-corrected chi connectivity index (χ0v) is 9.38. The minimum Gasteiger partial charge on any atom is -0.388 e. The van der Waals surface area contributed by atoms with Crippen molar-refractivity contribution in [2.24, 2.45) is 0 Å². The number of aliphatic hydroxyl groups is 1. The molecular weight excluding hydrogens is 229 g/mol. The molecule has 4 nitrogen and oxygen atoms in total. The molecular formula is C10H10FN3OS. The van der Waals surface area contributed by atoms with Gasteiger partial charge in [0, 0.05) is 0 Å². The molecule has 2 N–H and O–H groups in total. The topological polar surface area (TPSA) is 53.8 Å². The first kappa shape index (κ1) is 11.0. The van der Waals surface area contributed by atoms with Gasteiger partial charge >= 0.3 is 0 Å². The van der Waals surface area contributed by atoms with Crippen molar-refractivity contribution in [2.75, 3.05) is 0 Å². The smallest absolute Gasteiger partial charge is 0.199 e. The third-order valence-electron chi connectivity index (χ3n) is 2.30. The molecule has 2 aromatic rings. The van der Waals surface area contributed by atoms with E-state index in [1.807, 2.05) is 0 Å². The molecule has 0 aliphatic heterocycles. The highest BCUT2D eigenvalue weighted by Gasteiger charge is 2.08. The van der Waals surface area contributed by atoms with Crippen LogP contribution in [0.1, 0.15) is 11.4 Å². The van der Waals surface area contributed by atoms with E-state index in [-0.39, 0.29) is 12.4 Å². The fraction of sp³-hybridized carbons (Fsp3) is 0.200. The number of aromatic amines is 1. The number of nitrogens with one attached hydrogen (secondary N) is 1. The van der Waals surface area contributed by atoms with E-state index in [1.165, 1.54) is 10.6 Å². The van der Waals surface area contributed by atoms with Gasteiger partial charge in [-0.05, 0) is 36.8 Å². The second-order valence-corrected chi connectivity index (χ2v) is 3.76. The maximum absolute atomic E-state index is 13.4. The van der Waals surface area contributed by atoms with Gasteiger partial charge in [-0.25, -0.2) is 4.39 Å². The predicted octanol–water partition coefficient (Wildman–Crippen LogP) is 1.87. The van der Waals surface area contributed by atoms with Crippen LogP contribution in [0.15, 0.2) is 18.2 Å². The molecule has 1 heterocycles. The first-order valence-corrected chi connectivity index (χ1v) is 5.08. The summed E-state index contributed by atoms with van der Waals surface area (Å²) in [6.45, 7) is 1.42. The number of nitrogens with zero attached hydrogens (tertiary/aromatic N) is 2. The number of aromatic nitrogens is 3. The Bertz CT molecular complexity index is 576. The molecule has 0 aliphatic carbocycles. The number of hydrogen-bond donors (Lipinski definition) is 2. The highest BCUT2D eigenvalue weighted by molar-refractivity contribution is 7.71. The Labute approximate surface area is 96.4 Å². The molecule has 84 valence electrons. The molecule has 0 spiro atoms. The van der Waals surface area contributed by atoms with Gasteiger partial charge in [0.05, 0.1) is 5.69 Å². The second kappa shape index (κ2) is 4.15. The summed E-state index contributed by atoms with van der Waals surface area (Å²) in [5, 5.41) is 15.5. The molecule has 0 bridgehead atoms. The molecule has 2 rings (SSSR count). The molecule has 0 unspecified atom stereocenters. The van der Waals surface area contributed by atoms with E-state index < -0.39 is 0 Å². The van der Waals surface area contributed by atoms with Gasteiger partial charge in [0.25, 0.3) is 0 Å². The van der Waals surface area contributed by atoms with E-state index in [0.29, 0.717) is 21.8 Å². The molecule has 1 aromatic heterocycles. The van der Waals surface area contributed by atoms with E-state index in [1.54, 1.807) is 19.1 Å². The van der Waals surface area contributed by atoms with Gasteiger partial charge in [-0.15, -0.1) is 0 Å². The van der Waals surface area contributed by atoms with Crippen molar-refractivity contribution in [3.8, 4) is 5.69 Å². The van der Waals surface area contributed by atoms with Crippen molar-refractivity contribution >= 4 is 12.2 Å². The monoisotopic (exact) mass is 239 g/mol. The van der Waals surface area contributed by atoms with E-state index >= 15 is 0 Å². The zero-order valence-electron chi connectivity index (χ0n) is 8.57. The third kappa shape index (κ3) is 1.77. The molecule has 16 heavy (non-hydrogen) atoms. The van der Waals surface area contributed by atoms with Crippen LogP contribution in [0.3, 0.4) is 0 Å². The van der Waals surface area contributed by atoms with Crippen LogP contribution in [-0.2, 0) is 6.61 Å². The average Bonchev–Trinajstić information content (AvgIpc) is 2.64. The number of aliphatic hydroxyl groups excluding tert-OH is 1. The minimum atomic E-state index is -0.315. The van der Waals surface area contributed by atoms with Crippen LogP contribution < -0.4 is 0 Å². The minimum absolute atomic E-state index is 0.261. The van der Waals surface area contributed by atoms with Crippen LogP contribution in [-0.4, -0.2) is 19.9 Å². The molecule has 0 aliphatic rings. The van der Waals surface area contributed by atoms with E-state index in [9.17, 15) is 4.39 Å². The number of benzene rings is 1. The number of H-pyrrole nitrogens is 1. The molecule has 0 radical (unpaired) electrons. The summed E-state index contributed by atoms with van der Waals surface area (Å²) in [5.41, 5.74) is 1.11. The Morgan fingerprint density at radius 2 is 2.31 bits per heavy atom. The van der Waals surface area contributed by atoms with Crippen molar-refractivity contribution in [2.45, 2.75) is 13.5 Å². The molecule has 0 atom stereocenters. The van der Waals surface area contributed by atoms with Crippen molar-refractivity contribution < 1.29 is 9.50 Å². The van der Waals surface area contributed by atoms with Crippen LogP contribution in [0.5, 0.6) is 0 Å². The Hall–Kier alpha value is -1.53. The molecule has 6 heteroatoms. The number of aryl methyl sites for hydroxylation is 1. The Kier molecular flexibility index (Phi) is 2.84. The summed E-state index contributed by atoms with van der Waals surface area (Å²) in [5.74, 6) is 0.0396. The highest BCUT2D eigenvalue weighted by atomic mass is 32.1. The maximum atomic E-state index is 13.4. The van der Waals surface area contributed by atoms with E-state index in [0.717, 1.165) is 0 Å². The first-order chi connectivity index (χ1) is 7.63. The highest BCUT2D eigenvalue weighted by Crippen LogP contribution is 2.15. The average molecular weight is 239 g/mol. The lowest BCUT2D eigenvalue weighted by Gasteiger charge is -2.06. The summed E-state index contributed by atoms with van der Waals surface area (Å²) in [4.78, 5) is 0. The summed E-state index contributed by atoms with van der Waals surface area (Å²) in [6.07, 6.45) is 0. The number of rotatable bonds is 2. The zero-order chi connectivity index (χ0) is 11.7. The van der Waals surface area contributed by atoms with Crippen LogP contribution in [0.25, 0.3) is 5.69 Å². The van der Waals surface area contributed by atoms with Crippen LogP contribution in [0.4, 0.5) is 4.39 Å². The first-order valence-electron chi connectivity index (χ1n) is 4.67. The van der Waals surface area contributed by atoms with Crippen molar-refractivity contribution in [1.29, 1.82) is 0 Å². The summed E-state index contributed by atoms with van der Waals surface area (Å²) >= 11 is 5.01. The lowest BCUT2D eigenvalue weighted by atomic mass is 10.2. The van der Waals surface area contributed by atoms with Gasteiger partial charge in [0.2, 0.25) is 0 Å². The largest absolute Gasteiger partial charge is 0.388 e. The lowest BCUT2D eigenvalue weighted by molar-refractivity contribution is 0.268. The molecule has 0 amide bonds. The summed E-state index contributed by atoms with van der Waals surface area (Å²) in [6, 6.07) is 4.74. The van der Waals surface area contributed by atoms with Gasteiger partial charge in [0.1, 0.15) is 12.4 Å². The van der Waals surface area contributed by atoms with Crippen LogP contribution in [0, 0.1) is 17.5 Å². The van der Waals surface area contributed by atoms with Gasteiger partial charge in [-0.2, -0.15) is 5.10 Å². The Morgan fingerprint density at radius 3 is 2.94 bits per heavy atom. The number of hydrogen-bond acceptors (Lipinski definition) is 3. The fourth-order valence-corrected chi connectivity index (χ4v) is 1.68. The van der Waals surface area contributed by atoms with Crippen LogP contribution in [0.2, 0.25) is 0 Å². The van der Waals surface area contributed by atoms with E-state index in [4.69, 9.17) is 17.3 Å². The molecule has 1 aromatic carbocycles. The standard InChI is InChI=1S/C10H10FN3OS/c1-6-2-3-7(4-8(6)11)14-9(5-15)12-13-10(14)16/h2-4,15H,5H2,1H3,(H,13,16). The predicted molar refractivity (Wildman–Crippen MR) is 59.4 cm³/mol. The van der Waals surface area contributed by atoms with Crippen LogP contribution >= 0.6 is 12.2 Å². The molecule has 0 saturated heterocycles. The molecule has 0 fully saturated rings. The van der Waals surface area contributed by atoms with Crippen molar-refractivity contribution in [1.82, 2.24) is 14.8 Å². The van der Waals surface area contributed by atoms with E-state index in [2.05, 4.69) is 10.2 Å². The normalized spacial score (nSPS) is 10.7. The van der Waals surface area contributed by atoms with Gasteiger partial charge in [0.15, 0.2) is 10.6 Å².